The molecule has 1 aromatic heterocycles. The summed E-state index contributed by atoms with van der Waals surface area (Å²) in [5.74, 6) is 1.84. The van der Waals surface area contributed by atoms with E-state index < -0.39 is 0 Å². The highest BCUT2D eigenvalue weighted by Gasteiger charge is 2.21. The number of rotatable bonds is 3. The van der Waals surface area contributed by atoms with Gasteiger partial charge in [-0.15, -0.1) is 10.2 Å². The van der Waals surface area contributed by atoms with Crippen molar-refractivity contribution in [3.8, 4) is 0 Å². The van der Waals surface area contributed by atoms with Crippen molar-refractivity contribution in [3.05, 3.63) is 11.6 Å². The number of hydrogen-bond donors (Lipinski definition) is 3. The van der Waals surface area contributed by atoms with E-state index in [1.165, 1.54) is 0 Å². The maximum absolute atomic E-state index is 11.8. The molecule has 2 heterocycles. The lowest BCUT2D eigenvalue weighted by molar-refractivity contribution is 0.117. The fourth-order valence-corrected chi connectivity index (χ4v) is 2.96. The highest BCUT2D eigenvalue weighted by molar-refractivity contribution is 5.74. The number of aryl methyl sites for hydroxylation is 1. The molecule has 0 spiro atoms. The Hall–Kier alpha value is -1.63. The first-order chi connectivity index (χ1) is 9.72. The van der Waals surface area contributed by atoms with Gasteiger partial charge in [-0.05, 0) is 32.1 Å². The quantitative estimate of drug-likeness (QED) is 0.743. The summed E-state index contributed by atoms with van der Waals surface area (Å²) < 4.78 is 2.08. The Morgan fingerprint density at radius 3 is 2.90 bits per heavy atom. The zero-order valence-corrected chi connectivity index (χ0v) is 11.5. The monoisotopic (exact) mass is 279 g/mol. The van der Waals surface area contributed by atoms with Crippen molar-refractivity contribution in [2.75, 3.05) is 0 Å². The van der Waals surface area contributed by atoms with Crippen molar-refractivity contribution in [1.29, 1.82) is 0 Å². The molecule has 1 fully saturated rings. The molecule has 3 N–H and O–H groups in total. The molecule has 0 aromatic carbocycles. The van der Waals surface area contributed by atoms with Crippen molar-refractivity contribution in [2.45, 2.75) is 63.8 Å². The van der Waals surface area contributed by atoms with Crippen LogP contribution in [0, 0.1) is 0 Å². The zero-order chi connectivity index (χ0) is 13.9. The Balaban J connectivity index is 1.45. The molecule has 1 aromatic rings. The number of nitrogens with zero attached hydrogens (tertiary/aromatic N) is 3. The number of carbonyl (C=O) groups excluding carboxylic acids is 1. The second-order valence-electron chi connectivity index (χ2n) is 5.62. The summed E-state index contributed by atoms with van der Waals surface area (Å²) in [4.78, 5) is 11.8. The molecule has 7 nitrogen and oxygen atoms in total. The van der Waals surface area contributed by atoms with Gasteiger partial charge in [0.15, 0.2) is 5.82 Å². The first-order valence-corrected chi connectivity index (χ1v) is 7.36. The fourth-order valence-electron chi connectivity index (χ4n) is 2.96. The predicted molar refractivity (Wildman–Crippen MR) is 72.0 cm³/mol. The lowest BCUT2D eigenvalue weighted by atomic mass is 9.93. The Kier molecular flexibility index (Phi) is 3.86. The molecule has 1 saturated carbocycles. The Labute approximate surface area is 117 Å². The van der Waals surface area contributed by atoms with E-state index in [2.05, 4.69) is 25.4 Å². The van der Waals surface area contributed by atoms with Crippen molar-refractivity contribution in [3.63, 3.8) is 0 Å². The molecule has 2 aliphatic rings. The first kappa shape index (κ1) is 13.4. The van der Waals surface area contributed by atoms with Crippen LogP contribution in [0.25, 0.3) is 0 Å². The summed E-state index contributed by atoms with van der Waals surface area (Å²) >= 11 is 0. The van der Waals surface area contributed by atoms with Crippen LogP contribution in [0.2, 0.25) is 0 Å². The van der Waals surface area contributed by atoms with Gasteiger partial charge in [0.1, 0.15) is 5.82 Å². The molecule has 0 bridgehead atoms. The third-order valence-electron chi connectivity index (χ3n) is 4.13. The van der Waals surface area contributed by atoms with E-state index in [9.17, 15) is 9.90 Å². The van der Waals surface area contributed by atoms with Gasteiger partial charge < -0.3 is 20.3 Å². The largest absolute Gasteiger partial charge is 0.393 e. The summed E-state index contributed by atoms with van der Waals surface area (Å²) in [6.45, 7) is 1.36. The molecule has 1 aliphatic carbocycles. The third-order valence-corrected chi connectivity index (χ3v) is 4.13. The second-order valence-corrected chi connectivity index (χ2v) is 5.62. The van der Waals surface area contributed by atoms with Crippen LogP contribution in [0.1, 0.15) is 43.8 Å². The van der Waals surface area contributed by atoms with Crippen LogP contribution in [0.3, 0.4) is 0 Å². The Bertz CT molecular complexity index is 479. The zero-order valence-electron chi connectivity index (χ0n) is 11.5. The van der Waals surface area contributed by atoms with E-state index in [1.807, 2.05) is 0 Å². The second kappa shape index (κ2) is 5.78. The molecule has 0 unspecified atom stereocenters. The van der Waals surface area contributed by atoms with Crippen LogP contribution in [-0.2, 0) is 19.5 Å². The smallest absolute Gasteiger partial charge is 0.315 e. The van der Waals surface area contributed by atoms with Crippen molar-refractivity contribution < 1.29 is 9.90 Å². The normalized spacial score (nSPS) is 25.2. The van der Waals surface area contributed by atoms with Crippen LogP contribution in [0.4, 0.5) is 4.79 Å². The number of aliphatic hydroxyl groups excluding tert-OH is 1. The van der Waals surface area contributed by atoms with Crippen LogP contribution in [0.5, 0.6) is 0 Å². The Morgan fingerprint density at radius 2 is 2.10 bits per heavy atom. The topological polar surface area (TPSA) is 92.1 Å². The van der Waals surface area contributed by atoms with Crippen molar-refractivity contribution >= 4 is 6.03 Å². The summed E-state index contributed by atoms with van der Waals surface area (Å²) in [7, 11) is 0. The van der Waals surface area contributed by atoms with E-state index in [4.69, 9.17) is 0 Å². The van der Waals surface area contributed by atoms with Crippen LogP contribution >= 0.6 is 0 Å². The minimum absolute atomic E-state index is 0.165. The summed E-state index contributed by atoms with van der Waals surface area (Å²) in [5.41, 5.74) is 0. The number of hydrogen-bond acceptors (Lipinski definition) is 4. The number of aliphatic hydroxyl groups is 1. The SMILES string of the molecule is O=C(NCc1nnc2n1CCC2)NC1CCC(O)CC1. The lowest BCUT2D eigenvalue weighted by Crippen LogP contribution is -2.44. The molecular weight excluding hydrogens is 258 g/mol. The van der Waals surface area contributed by atoms with Crippen molar-refractivity contribution in [2.24, 2.45) is 0 Å². The van der Waals surface area contributed by atoms with Gasteiger partial charge in [0, 0.05) is 19.0 Å². The molecule has 0 saturated heterocycles. The lowest BCUT2D eigenvalue weighted by Gasteiger charge is -2.26. The van der Waals surface area contributed by atoms with Gasteiger partial charge in [-0.3, -0.25) is 0 Å². The molecular formula is C13H21N5O2. The first-order valence-electron chi connectivity index (χ1n) is 7.36. The van der Waals surface area contributed by atoms with E-state index >= 15 is 0 Å². The van der Waals surface area contributed by atoms with E-state index in [0.717, 1.165) is 56.7 Å². The number of carbonyl (C=O) groups is 1. The van der Waals surface area contributed by atoms with Gasteiger partial charge in [-0.2, -0.15) is 0 Å². The highest BCUT2D eigenvalue weighted by atomic mass is 16.3. The van der Waals surface area contributed by atoms with E-state index in [-0.39, 0.29) is 18.2 Å². The Morgan fingerprint density at radius 1 is 1.30 bits per heavy atom. The number of fused-ring (bicyclic) bond motifs is 1. The van der Waals surface area contributed by atoms with Gasteiger partial charge in [-0.1, -0.05) is 0 Å². The molecule has 110 valence electrons. The molecule has 20 heavy (non-hydrogen) atoms. The number of amides is 2. The summed E-state index contributed by atoms with van der Waals surface area (Å²) in [5, 5.41) is 23.4. The van der Waals surface area contributed by atoms with Crippen LogP contribution in [0.15, 0.2) is 0 Å². The van der Waals surface area contributed by atoms with Gasteiger partial charge >= 0.3 is 6.03 Å². The molecule has 0 atom stereocenters. The highest BCUT2D eigenvalue weighted by Crippen LogP contribution is 2.18. The average molecular weight is 279 g/mol. The number of urea groups is 1. The van der Waals surface area contributed by atoms with Crippen LogP contribution < -0.4 is 10.6 Å². The van der Waals surface area contributed by atoms with Crippen LogP contribution in [-0.4, -0.2) is 38.0 Å². The fraction of sp³-hybridized carbons (Fsp3) is 0.769. The minimum atomic E-state index is -0.199. The average Bonchev–Trinajstić information content (AvgIpc) is 3.02. The maximum atomic E-state index is 11.8. The minimum Gasteiger partial charge on any atom is -0.393 e. The summed E-state index contributed by atoms with van der Waals surface area (Å²) in [6, 6.07) is 0.00394. The predicted octanol–water partition coefficient (Wildman–Crippen LogP) is 0.327. The summed E-state index contributed by atoms with van der Waals surface area (Å²) in [6.07, 6.45) is 5.10. The third kappa shape index (κ3) is 2.92. The molecule has 0 radical (unpaired) electrons. The van der Waals surface area contributed by atoms with Gasteiger partial charge in [0.05, 0.1) is 12.6 Å². The number of aromatic nitrogens is 3. The van der Waals surface area contributed by atoms with E-state index in [1.54, 1.807) is 0 Å². The number of nitrogens with one attached hydrogen (secondary N) is 2. The molecule has 2 amide bonds. The maximum Gasteiger partial charge on any atom is 0.315 e. The van der Waals surface area contributed by atoms with Crippen molar-refractivity contribution in [1.82, 2.24) is 25.4 Å². The van der Waals surface area contributed by atoms with Gasteiger partial charge in [0.25, 0.3) is 0 Å². The standard InChI is InChI=1S/C13H21N5O2/c19-10-5-3-9(4-6-10)15-13(20)14-8-12-17-16-11-2-1-7-18(11)12/h9-10,19H,1-8H2,(H2,14,15,20). The molecule has 1 aliphatic heterocycles. The molecule has 7 heteroatoms. The molecule has 3 rings (SSSR count). The van der Waals surface area contributed by atoms with Gasteiger partial charge in [0.2, 0.25) is 0 Å². The van der Waals surface area contributed by atoms with Gasteiger partial charge in [-0.25, -0.2) is 4.79 Å². The van der Waals surface area contributed by atoms with E-state index in [0.29, 0.717) is 6.54 Å².